The summed E-state index contributed by atoms with van der Waals surface area (Å²) in [4.78, 5) is 52.1. The minimum absolute atomic E-state index is 0.0109. The van der Waals surface area contributed by atoms with Crippen LogP contribution in [0.3, 0.4) is 0 Å². The van der Waals surface area contributed by atoms with Gasteiger partial charge in [0.1, 0.15) is 23.9 Å². The number of amides is 3. The molecule has 214 valence electrons. The molecule has 0 saturated carbocycles. The summed E-state index contributed by atoms with van der Waals surface area (Å²) in [6.45, 7) is 9.08. The highest BCUT2D eigenvalue weighted by atomic mass is 16.6. The molecule has 10 nitrogen and oxygen atoms in total. The molecule has 3 N–H and O–H groups in total. The van der Waals surface area contributed by atoms with E-state index >= 15 is 0 Å². The van der Waals surface area contributed by atoms with Crippen molar-refractivity contribution in [1.29, 1.82) is 0 Å². The van der Waals surface area contributed by atoms with Crippen molar-refractivity contribution >= 4 is 23.9 Å². The Balaban J connectivity index is 3.14. The minimum Gasteiger partial charge on any atom is -0.508 e. The van der Waals surface area contributed by atoms with E-state index in [4.69, 9.17) is 9.47 Å². The zero-order valence-corrected chi connectivity index (χ0v) is 23.5. The quantitative estimate of drug-likeness (QED) is 0.213. The number of rotatable bonds is 16. The molecule has 0 aromatic heterocycles. The van der Waals surface area contributed by atoms with Crippen molar-refractivity contribution in [3.8, 4) is 5.75 Å². The van der Waals surface area contributed by atoms with Crippen molar-refractivity contribution in [3.05, 3.63) is 29.8 Å². The van der Waals surface area contributed by atoms with Gasteiger partial charge in [0.05, 0.1) is 13.0 Å². The van der Waals surface area contributed by atoms with Crippen molar-refractivity contribution < 1.29 is 33.8 Å². The lowest BCUT2D eigenvalue weighted by atomic mass is 10.0. The summed E-state index contributed by atoms with van der Waals surface area (Å²) in [6.07, 6.45) is 5.06. The highest BCUT2D eigenvalue weighted by Crippen LogP contribution is 2.29. The van der Waals surface area contributed by atoms with Gasteiger partial charge in [-0.2, -0.15) is 0 Å². The number of carbonyl (C=O) groups excluding carboxylic acids is 4. The van der Waals surface area contributed by atoms with E-state index in [1.807, 2.05) is 0 Å². The molecular weight excluding hydrogens is 490 g/mol. The lowest BCUT2D eigenvalue weighted by Crippen LogP contribution is -2.48. The van der Waals surface area contributed by atoms with Gasteiger partial charge in [0.15, 0.2) is 0 Å². The number of phenolic OH excluding ortho intramolecular Hbond substituents is 1. The van der Waals surface area contributed by atoms with Crippen LogP contribution in [0, 0.1) is 0 Å². The van der Waals surface area contributed by atoms with E-state index < -0.39 is 35.5 Å². The fraction of sp³-hybridized carbons (Fsp3) is 0.643. The van der Waals surface area contributed by atoms with E-state index in [9.17, 15) is 24.3 Å². The lowest BCUT2D eigenvalue weighted by molar-refractivity contribution is -0.143. The number of ether oxygens (including phenoxy) is 2. The zero-order valence-electron chi connectivity index (χ0n) is 23.5. The number of phenols is 1. The Labute approximate surface area is 226 Å². The van der Waals surface area contributed by atoms with E-state index in [-0.39, 0.29) is 44.0 Å². The first kappa shape index (κ1) is 32.7. The number of para-hydroxylation sites is 1. The van der Waals surface area contributed by atoms with Crippen LogP contribution in [0.25, 0.3) is 0 Å². The second kappa shape index (κ2) is 17.3. The number of esters is 1. The maximum absolute atomic E-state index is 13.4. The predicted molar refractivity (Wildman–Crippen MR) is 144 cm³/mol. The molecule has 0 bridgehead atoms. The summed E-state index contributed by atoms with van der Waals surface area (Å²) in [5.74, 6) is -1.64. The standard InChI is InChI=1S/C28H45N3O7/c1-6-8-9-10-11-14-19-31(23(33)20-30-27(36)38-28(3,4)5)25(21-15-12-13-16-22(21)32)26(35)29-18-17-24(34)37-7-2/h12-13,15-16,25,32H,6-11,14,17-20H2,1-5H3,(H,29,35)(H,30,36). The van der Waals surface area contributed by atoms with Gasteiger partial charge < -0.3 is 30.1 Å². The van der Waals surface area contributed by atoms with Gasteiger partial charge in [-0.15, -0.1) is 0 Å². The summed E-state index contributed by atoms with van der Waals surface area (Å²) in [5, 5.41) is 15.7. The molecule has 1 unspecified atom stereocenters. The van der Waals surface area contributed by atoms with Gasteiger partial charge in [0.25, 0.3) is 0 Å². The first-order valence-electron chi connectivity index (χ1n) is 13.5. The van der Waals surface area contributed by atoms with Gasteiger partial charge in [-0.1, -0.05) is 57.2 Å². The van der Waals surface area contributed by atoms with Crippen LogP contribution in [-0.2, 0) is 23.9 Å². The Morgan fingerprint density at radius 3 is 2.26 bits per heavy atom. The molecular formula is C28H45N3O7. The Kier molecular flexibility index (Phi) is 14.9. The second-order valence-corrected chi connectivity index (χ2v) is 10.0. The van der Waals surface area contributed by atoms with Crippen LogP contribution < -0.4 is 10.6 Å². The van der Waals surface area contributed by atoms with Crippen molar-refractivity contribution in [1.82, 2.24) is 15.5 Å². The molecule has 0 aliphatic rings. The van der Waals surface area contributed by atoms with Gasteiger partial charge in [0.2, 0.25) is 11.8 Å². The summed E-state index contributed by atoms with van der Waals surface area (Å²) in [6, 6.07) is 5.15. The summed E-state index contributed by atoms with van der Waals surface area (Å²) >= 11 is 0. The maximum atomic E-state index is 13.4. The Morgan fingerprint density at radius 2 is 1.63 bits per heavy atom. The van der Waals surface area contributed by atoms with Gasteiger partial charge in [-0.3, -0.25) is 14.4 Å². The molecule has 10 heteroatoms. The highest BCUT2D eigenvalue weighted by molar-refractivity contribution is 5.91. The molecule has 1 aromatic rings. The average molecular weight is 536 g/mol. The largest absolute Gasteiger partial charge is 0.508 e. The molecule has 0 aliphatic heterocycles. The van der Waals surface area contributed by atoms with Crippen LogP contribution in [-0.4, -0.2) is 65.7 Å². The number of hydrogen-bond donors (Lipinski definition) is 3. The highest BCUT2D eigenvalue weighted by Gasteiger charge is 2.33. The molecule has 1 aromatic carbocycles. The van der Waals surface area contributed by atoms with Crippen LogP contribution in [0.5, 0.6) is 5.75 Å². The molecule has 1 rings (SSSR count). The number of nitrogens with one attached hydrogen (secondary N) is 2. The molecule has 0 heterocycles. The Morgan fingerprint density at radius 1 is 0.974 bits per heavy atom. The number of benzene rings is 1. The predicted octanol–water partition coefficient (Wildman–Crippen LogP) is 4.22. The van der Waals surface area contributed by atoms with Crippen LogP contribution in [0.4, 0.5) is 4.79 Å². The smallest absolute Gasteiger partial charge is 0.408 e. The Bertz CT molecular complexity index is 899. The number of hydrogen-bond acceptors (Lipinski definition) is 7. The fourth-order valence-corrected chi connectivity index (χ4v) is 3.81. The van der Waals surface area contributed by atoms with E-state index in [0.29, 0.717) is 6.42 Å². The normalized spacial score (nSPS) is 11.8. The molecule has 0 radical (unpaired) electrons. The monoisotopic (exact) mass is 535 g/mol. The Hall–Kier alpha value is -3.30. The topological polar surface area (TPSA) is 134 Å². The second-order valence-electron chi connectivity index (χ2n) is 10.0. The van der Waals surface area contributed by atoms with Crippen molar-refractivity contribution in [2.24, 2.45) is 0 Å². The third-order valence-electron chi connectivity index (χ3n) is 5.58. The third-order valence-corrected chi connectivity index (χ3v) is 5.58. The van der Waals surface area contributed by atoms with E-state index in [0.717, 1.165) is 32.1 Å². The molecule has 0 spiro atoms. The van der Waals surface area contributed by atoms with Crippen LogP contribution >= 0.6 is 0 Å². The molecule has 0 saturated heterocycles. The minimum atomic E-state index is -1.16. The van der Waals surface area contributed by atoms with Crippen molar-refractivity contribution in [2.75, 3.05) is 26.2 Å². The molecule has 0 fully saturated rings. The van der Waals surface area contributed by atoms with Crippen molar-refractivity contribution in [2.45, 2.75) is 91.2 Å². The molecule has 3 amide bonds. The number of unbranched alkanes of at least 4 members (excludes halogenated alkanes) is 5. The average Bonchev–Trinajstić information content (AvgIpc) is 2.84. The van der Waals surface area contributed by atoms with E-state index in [2.05, 4.69) is 17.6 Å². The molecule has 1 atom stereocenters. The summed E-state index contributed by atoms with van der Waals surface area (Å²) < 4.78 is 10.1. The maximum Gasteiger partial charge on any atom is 0.408 e. The molecule has 0 aliphatic carbocycles. The number of alkyl carbamates (subject to hydrolysis) is 1. The lowest BCUT2D eigenvalue weighted by Gasteiger charge is -2.32. The van der Waals surface area contributed by atoms with Crippen LogP contribution in [0.2, 0.25) is 0 Å². The van der Waals surface area contributed by atoms with Crippen LogP contribution in [0.15, 0.2) is 24.3 Å². The van der Waals surface area contributed by atoms with E-state index in [1.54, 1.807) is 45.9 Å². The van der Waals surface area contributed by atoms with E-state index in [1.165, 1.54) is 11.0 Å². The summed E-state index contributed by atoms with van der Waals surface area (Å²) in [7, 11) is 0. The van der Waals surface area contributed by atoms with Gasteiger partial charge in [-0.25, -0.2) is 4.79 Å². The number of aromatic hydroxyl groups is 1. The number of nitrogens with zero attached hydrogens (tertiary/aromatic N) is 1. The first-order valence-corrected chi connectivity index (χ1v) is 13.5. The molecule has 38 heavy (non-hydrogen) atoms. The third kappa shape index (κ3) is 12.8. The van der Waals surface area contributed by atoms with Gasteiger partial charge in [-0.05, 0) is 40.2 Å². The van der Waals surface area contributed by atoms with Gasteiger partial charge in [0, 0.05) is 18.7 Å². The fourth-order valence-electron chi connectivity index (χ4n) is 3.81. The van der Waals surface area contributed by atoms with Gasteiger partial charge >= 0.3 is 12.1 Å². The number of carbonyl (C=O) groups is 4. The van der Waals surface area contributed by atoms with Crippen LogP contribution in [0.1, 0.15) is 91.2 Å². The van der Waals surface area contributed by atoms with Crippen molar-refractivity contribution in [3.63, 3.8) is 0 Å². The zero-order chi connectivity index (χ0) is 28.6. The first-order chi connectivity index (χ1) is 18.0. The SMILES string of the molecule is CCCCCCCCN(C(=O)CNC(=O)OC(C)(C)C)C(C(=O)NCCC(=O)OCC)c1ccccc1O. The summed E-state index contributed by atoms with van der Waals surface area (Å²) in [5.41, 5.74) is -0.486.